The normalized spacial score (nSPS) is 10.6. The third-order valence-electron chi connectivity index (χ3n) is 2.77. The van der Waals surface area contributed by atoms with Gasteiger partial charge in [0.1, 0.15) is 0 Å². The van der Waals surface area contributed by atoms with Gasteiger partial charge in [-0.1, -0.05) is 25.1 Å². The maximum Gasteiger partial charge on any atom is 0.338 e. The molecule has 0 saturated heterocycles. The summed E-state index contributed by atoms with van der Waals surface area (Å²) in [7, 11) is 1.37. The van der Waals surface area contributed by atoms with Crippen LogP contribution in [0, 0.1) is 0 Å². The highest BCUT2D eigenvalue weighted by Gasteiger charge is 2.10. The predicted molar refractivity (Wildman–Crippen MR) is 79.4 cm³/mol. The Labute approximate surface area is 126 Å². The lowest BCUT2D eigenvalue weighted by Crippen LogP contribution is -2.11. The van der Waals surface area contributed by atoms with Crippen LogP contribution in [0.5, 0.6) is 0 Å². The van der Waals surface area contributed by atoms with Gasteiger partial charge in [0, 0.05) is 6.61 Å². The van der Waals surface area contributed by atoms with Gasteiger partial charge in [-0.15, -0.1) is 0 Å². The lowest BCUT2D eigenvalue weighted by molar-refractivity contribution is 0.0105. The summed E-state index contributed by atoms with van der Waals surface area (Å²) in [6.45, 7) is 5.37. The van der Waals surface area contributed by atoms with Crippen LogP contribution in [0.1, 0.15) is 29.3 Å². The maximum absolute atomic E-state index is 11.6. The number of carbonyl (C=O) groups excluding carboxylic acids is 1. The minimum Gasteiger partial charge on any atom is -0.465 e. The van der Waals surface area contributed by atoms with Crippen LogP contribution in [0.4, 0.5) is 0 Å². The summed E-state index contributed by atoms with van der Waals surface area (Å²) in [6.07, 6.45) is 1.02. The van der Waals surface area contributed by atoms with Gasteiger partial charge in [-0.2, -0.15) is 0 Å². The molecular formula is C16H24O5. The highest BCUT2D eigenvalue weighted by atomic mass is 16.5. The number of hydrogen-bond acceptors (Lipinski definition) is 5. The molecule has 5 nitrogen and oxygen atoms in total. The first-order chi connectivity index (χ1) is 10.3. The van der Waals surface area contributed by atoms with Gasteiger partial charge in [0.15, 0.2) is 0 Å². The Balaban J connectivity index is 2.17. The van der Waals surface area contributed by atoms with Crippen LogP contribution in [-0.4, -0.2) is 46.1 Å². The van der Waals surface area contributed by atoms with E-state index in [2.05, 4.69) is 6.92 Å². The molecule has 0 spiro atoms. The van der Waals surface area contributed by atoms with Gasteiger partial charge in [0.2, 0.25) is 0 Å². The first-order valence-corrected chi connectivity index (χ1v) is 7.19. The average Bonchev–Trinajstić information content (AvgIpc) is 2.53. The van der Waals surface area contributed by atoms with Crippen molar-refractivity contribution in [2.45, 2.75) is 20.0 Å². The van der Waals surface area contributed by atoms with Crippen LogP contribution in [0.15, 0.2) is 24.3 Å². The highest BCUT2D eigenvalue weighted by Crippen LogP contribution is 2.11. The van der Waals surface area contributed by atoms with Gasteiger partial charge in [-0.25, -0.2) is 4.79 Å². The van der Waals surface area contributed by atoms with Gasteiger partial charge in [-0.3, -0.25) is 0 Å². The Hall–Kier alpha value is -1.43. The SMILES string of the molecule is CCCOCCOCCOCc1ccccc1C(=O)OC. The first-order valence-electron chi connectivity index (χ1n) is 7.19. The van der Waals surface area contributed by atoms with Crippen molar-refractivity contribution in [2.24, 2.45) is 0 Å². The molecule has 118 valence electrons. The van der Waals surface area contributed by atoms with E-state index in [1.165, 1.54) is 7.11 Å². The van der Waals surface area contributed by atoms with Gasteiger partial charge in [0.05, 0.1) is 45.7 Å². The molecule has 1 rings (SSSR count). The molecule has 0 radical (unpaired) electrons. The van der Waals surface area contributed by atoms with Crippen molar-refractivity contribution < 1.29 is 23.7 Å². The number of ether oxygens (including phenoxy) is 4. The van der Waals surface area contributed by atoms with Gasteiger partial charge in [0.25, 0.3) is 0 Å². The van der Waals surface area contributed by atoms with Gasteiger partial charge < -0.3 is 18.9 Å². The van der Waals surface area contributed by atoms with Crippen LogP contribution in [0.2, 0.25) is 0 Å². The van der Waals surface area contributed by atoms with E-state index in [0.717, 1.165) is 18.6 Å². The van der Waals surface area contributed by atoms with E-state index in [1.54, 1.807) is 12.1 Å². The molecule has 0 atom stereocenters. The molecule has 0 heterocycles. The standard InChI is InChI=1S/C16H24O5/c1-3-8-19-9-10-20-11-12-21-13-14-6-4-5-7-15(14)16(17)18-2/h4-7H,3,8-13H2,1-2H3. The number of rotatable bonds is 11. The second-order valence-corrected chi connectivity index (χ2v) is 4.43. The molecule has 1 aromatic rings. The van der Waals surface area contributed by atoms with Gasteiger partial charge in [-0.05, 0) is 18.1 Å². The molecule has 21 heavy (non-hydrogen) atoms. The minimum absolute atomic E-state index is 0.349. The lowest BCUT2D eigenvalue weighted by Gasteiger charge is -2.09. The molecule has 0 fully saturated rings. The lowest BCUT2D eigenvalue weighted by atomic mass is 10.1. The second-order valence-electron chi connectivity index (χ2n) is 4.43. The Kier molecular flexibility index (Phi) is 9.44. The Morgan fingerprint density at radius 2 is 1.57 bits per heavy atom. The summed E-state index contributed by atoms with van der Waals surface area (Å²) < 4.78 is 20.9. The monoisotopic (exact) mass is 296 g/mol. The average molecular weight is 296 g/mol. The second kappa shape index (κ2) is 11.3. The molecule has 0 unspecified atom stereocenters. The molecule has 0 aliphatic rings. The maximum atomic E-state index is 11.6. The van der Waals surface area contributed by atoms with Crippen LogP contribution < -0.4 is 0 Å². The predicted octanol–water partition coefficient (Wildman–Crippen LogP) is 2.43. The molecular weight excluding hydrogens is 272 g/mol. The zero-order chi connectivity index (χ0) is 15.3. The highest BCUT2D eigenvalue weighted by molar-refractivity contribution is 5.90. The van der Waals surface area contributed by atoms with E-state index in [0.29, 0.717) is 38.6 Å². The van der Waals surface area contributed by atoms with Crippen molar-refractivity contribution in [1.29, 1.82) is 0 Å². The number of benzene rings is 1. The van der Waals surface area contributed by atoms with Crippen molar-refractivity contribution in [2.75, 3.05) is 40.1 Å². The molecule has 0 bridgehead atoms. The smallest absolute Gasteiger partial charge is 0.338 e. The molecule has 0 aromatic heterocycles. The molecule has 0 aliphatic carbocycles. The summed E-state index contributed by atoms with van der Waals surface area (Å²) in [5.74, 6) is -0.349. The molecule has 0 N–H and O–H groups in total. The van der Waals surface area contributed by atoms with E-state index in [4.69, 9.17) is 18.9 Å². The summed E-state index contributed by atoms with van der Waals surface area (Å²) in [5, 5.41) is 0. The Morgan fingerprint density at radius 1 is 0.952 bits per heavy atom. The largest absolute Gasteiger partial charge is 0.465 e. The summed E-state index contributed by atoms with van der Waals surface area (Å²) in [5.41, 5.74) is 1.35. The summed E-state index contributed by atoms with van der Waals surface area (Å²) in [4.78, 5) is 11.6. The number of carbonyl (C=O) groups is 1. The number of methoxy groups -OCH3 is 1. The van der Waals surface area contributed by atoms with Crippen LogP contribution in [-0.2, 0) is 25.6 Å². The molecule has 0 aliphatic heterocycles. The van der Waals surface area contributed by atoms with Crippen molar-refractivity contribution >= 4 is 5.97 Å². The van der Waals surface area contributed by atoms with Crippen molar-refractivity contribution in [3.8, 4) is 0 Å². The number of hydrogen-bond donors (Lipinski definition) is 0. The molecule has 0 amide bonds. The summed E-state index contributed by atoms with van der Waals surface area (Å²) in [6, 6.07) is 7.25. The fraction of sp³-hybridized carbons (Fsp3) is 0.562. The Morgan fingerprint density at radius 3 is 2.24 bits per heavy atom. The molecule has 1 aromatic carbocycles. The van der Waals surface area contributed by atoms with Crippen LogP contribution >= 0.6 is 0 Å². The van der Waals surface area contributed by atoms with E-state index >= 15 is 0 Å². The minimum atomic E-state index is -0.349. The van der Waals surface area contributed by atoms with E-state index in [-0.39, 0.29) is 5.97 Å². The first kappa shape index (κ1) is 17.6. The fourth-order valence-corrected chi connectivity index (χ4v) is 1.72. The van der Waals surface area contributed by atoms with E-state index < -0.39 is 0 Å². The quantitative estimate of drug-likeness (QED) is 0.464. The van der Waals surface area contributed by atoms with E-state index in [1.807, 2.05) is 12.1 Å². The topological polar surface area (TPSA) is 54.0 Å². The Bertz CT molecular complexity index is 405. The van der Waals surface area contributed by atoms with Crippen molar-refractivity contribution in [1.82, 2.24) is 0 Å². The van der Waals surface area contributed by atoms with Crippen LogP contribution in [0.25, 0.3) is 0 Å². The zero-order valence-corrected chi connectivity index (χ0v) is 12.8. The van der Waals surface area contributed by atoms with Gasteiger partial charge >= 0.3 is 5.97 Å². The number of esters is 1. The van der Waals surface area contributed by atoms with Crippen molar-refractivity contribution in [3.63, 3.8) is 0 Å². The third-order valence-corrected chi connectivity index (χ3v) is 2.77. The zero-order valence-electron chi connectivity index (χ0n) is 12.8. The summed E-state index contributed by atoms with van der Waals surface area (Å²) >= 11 is 0. The van der Waals surface area contributed by atoms with Crippen molar-refractivity contribution in [3.05, 3.63) is 35.4 Å². The fourth-order valence-electron chi connectivity index (χ4n) is 1.72. The van der Waals surface area contributed by atoms with Crippen LogP contribution in [0.3, 0.4) is 0 Å². The van der Waals surface area contributed by atoms with E-state index in [9.17, 15) is 4.79 Å². The third kappa shape index (κ3) is 7.22. The molecule has 0 saturated carbocycles. The molecule has 5 heteroatoms.